The first-order chi connectivity index (χ1) is 27.1. The van der Waals surface area contributed by atoms with Crippen molar-refractivity contribution in [1.29, 1.82) is 0 Å². The number of rotatable bonds is 39. The maximum atomic E-state index is 13.5. The fraction of sp³-hybridized carbons (Fsp3) is 0.936. The molecule has 6 N–H and O–H groups in total. The van der Waals surface area contributed by atoms with Crippen molar-refractivity contribution >= 4 is 5.78 Å². The van der Waals surface area contributed by atoms with Crippen LogP contribution in [0.4, 0.5) is 0 Å². The van der Waals surface area contributed by atoms with Gasteiger partial charge in [-0.3, -0.25) is 4.79 Å². The molecule has 8 atom stereocenters. The van der Waals surface area contributed by atoms with E-state index in [1.54, 1.807) is 6.08 Å². The number of hydrogen-bond donors (Lipinski definition) is 6. The number of aliphatic hydroxyl groups excluding tert-OH is 6. The summed E-state index contributed by atoms with van der Waals surface area (Å²) in [4.78, 5) is 13.5. The number of carbonyl (C=O) groups is 1. The van der Waals surface area contributed by atoms with Crippen LogP contribution >= 0.6 is 0 Å². The molecular formula is C47H90O9. The molecule has 9 nitrogen and oxygen atoms in total. The molecule has 1 aliphatic heterocycles. The average Bonchev–Trinajstić information content (AvgIpc) is 3.18. The van der Waals surface area contributed by atoms with Crippen LogP contribution in [0.15, 0.2) is 12.2 Å². The Morgan fingerprint density at radius 1 is 0.607 bits per heavy atom. The van der Waals surface area contributed by atoms with Gasteiger partial charge >= 0.3 is 0 Å². The molecule has 1 fully saturated rings. The van der Waals surface area contributed by atoms with Crippen LogP contribution < -0.4 is 0 Å². The molecule has 1 saturated heterocycles. The van der Waals surface area contributed by atoms with Crippen LogP contribution in [0.2, 0.25) is 0 Å². The third-order valence-corrected chi connectivity index (χ3v) is 11.7. The van der Waals surface area contributed by atoms with Gasteiger partial charge in [0.25, 0.3) is 0 Å². The van der Waals surface area contributed by atoms with E-state index in [0.717, 1.165) is 44.4 Å². The second-order valence-electron chi connectivity index (χ2n) is 17.4. The number of hydrogen-bond acceptors (Lipinski definition) is 9. The van der Waals surface area contributed by atoms with Crippen molar-refractivity contribution in [3.8, 4) is 0 Å². The Morgan fingerprint density at radius 3 is 1.48 bits per heavy atom. The molecule has 1 rings (SSSR count). The van der Waals surface area contributed by atoms with E-state index in [9.17, 15) is 35.4 Å². The SMILES string of the molecule is CCCCCCCCCCCCCCCCCCCC[C@@H](O)C(=O)[C@@H](CO[C@@H]1O[C@H](CO)[C@H](O)[C@H](O)[C@H]1O)[C@H](O)/C=C/CCCCCCCCCCCC(C)C. The number of aliphatic hydroxyl groups is 6. The van der Waals surface area contributed by atoms with Crippen LogP contribution in [0.25, 0.3) is 0 Å². The van der Waals surface area contributed by atoms with Crippen LogP contribution in [-0.4, -0.2) is 92.5 Å². The summed E-state index contributed by atoms with van der Waals surface area (Å²) in [5, 5.41) is 62.3. The molecule has 1 heterocycles. The highest BCUT2D eigenvalue weighted by atomic mass is 16.7. The van der Waals surface area contributed by atoms with Crippen LogP contribution in [0.3, 0.4) is 0 Å². The Bertz CT molecular complexity index is 912. The quantitative estimate of drug-likeness (QED) is 0.0263. The van der Waals surface area contributed by atoms with Crippen molar-refractivity contribution in [3.63, 3.8) is 0 Å². The highest BCUT2D eigenvalue weighted by molar-refractivity contribution is 5.86. The molecule has 0 aromatic heterocycles. The number of carbonyl (C=O) groups excluding carboxylic acids is 1. The minimum atomic E-state index is -1.62. The summed E-state index contributed by atoms with van der Waals surface area (Å²) >= 11 is 0. The minimum absolute atomic E-state index is 0.294. The summed E-state index contributed by atoms with van der Waals surface area (Å²) in [6.45, 7) is 5.86. The molecule has 0 aliphatic carbocycles. The molecule has 0 aromatic rings. The van der Waals surface area contributed by atoms with E-state index in [1.165, 1.54) is 141 Å². The molecule has 0 amide bonds. The van der Waals surface area contributed by atoms with Crippen molar-refractivity contribution in [2.24, 2.45) is 11.8 Å². The zero-order valence-corrected chi connectivity index (χ0v) is 36.4. The second kappa shape index (κ2) is 36.0. The molecule has 0 spiro atoms. The van der Waals surface area contributed by atoms with E-state index < -0.39 is 61.2 Å². The normalized spacial score (nSPS) is 21.9. The highest BCUT2D eigenvalue weighted by Gasteiger charge is 2.44. The van der Waals surface area contributed by atoms with Gasteiger partial charge in [0, 0.05) is 0 Å². The Balaban J connectivity index is 2.41. The van der Waals surface area contributed by atoms with E-state index >= 15 is 0 Å². The molecule has 0 bridgehead atoms. The van der Waals surface area contributed by atoms with Gasteiger partial charge in [-0.25, -0.2) is 0 Å². The summed E-state index contributed by atoms with van der Waals surface area (Å²) in [5.74, 6) is -0.867. The van der Waals surface area contributed by atoms with E-state index in [4.69, 9.17) is 9.47 Å². The predicted molar refractivity (Wildman–Crippen MR) is 228 cm³/mol. The van der Waals surface area contributed by atoms with Gasteiger partial charge in [0.15, 0.2) is 12.1 Å². The number of ether oxygens (including phenoxy) is 2. The molecular weight excluding hydrogens is 709 g/mol. The Labute approximate surface area is 343 Å². The first kappa shape index (κ1) is 53.1. The largest absolute Gasteiger partial charge is 0.394 e. The topological polar surface area (TPSA) is 157 Å². The molecule has 9 heteroatoms. The van der Waals surface area contributed by atoms with Gasteiger partial charge in [-0.15, -0.1) is 0 Å². The van der Waals surface area contributed by atoms with Crippen LogP contribution in [-0.2, 0) is 14.3 Å². The smallest absolute Gasteiger partial charge is 0.186 e. The Morgan fingerprint density at radius 2 is 1.04 bits per heavy atom. The van der Waals surface area contributed by atoms with Gasteiger partial charge in [0.2, 0.25) is 0 Å². The molecule has 332 valence electrons. The number of Topliss-reactive ketones (excluding diaryl/α,β-unsaturated/α-hetero) is 1. The summed E-state index contributed by atoms with van der Waals surface area (Å²) < 4.78 is 11.1. The Kier molecular flexibility index (Phi) is 34.1. The number of allylic oxidation sites excluding steroid dienone is 1. The van der Waals surface area contributed by atoms with Crippen molar-refractivity contribution in [2.45, 2.75) is 256 Å². The summed E-state index contributed by atoms with van der Waals surface area (Å²) in [5.41, 5.74) is 0. The monoisotopic (exact) mass is 799 g/mol. The van der Waals surface area contributed by atoms with Gasteiger partial charge in [0.05, 0.1) is 25.2 Å². The van der Waals surface area contributed by atoms with Crippen molar-refractivity contribution < 1.29 is 44.9 Å². The maximum absolute atomic E-state index is 13.5. The maximum Gasteiger partial charge on any atom is 0.186 e. The fourth-order valence-electron chi connectivity index (χ4n) is 7.80. The van der Waals surface area contributed by atoms with E-state index in [0.29, 0.717) is 12.8 Å². The number of unbranched alkanes of at least 4 members (excludes halogenated alkanes) is 26. The van der Waals surface area contributed by atoms with Gasteiger partial charge in [-0.05, 0) is 25.2 Å². The summed E-state index contributed by atoms with van der Waals surface area (Å²) in [6.07, 6.45) is 29.8. The Hall–Kier alpha value is -0.910. The molecule has 1 aliphatic rings. The summed E-state index contributed by atoms with van der Waals surface area (Å²) in [6, 6.07) is 0. The van der Waals surface area contributed by atoms with E-state index in [1.807, 2.05) is 6.08 Å². The zero-order chi connectivity index (χ0) is 41.2. The lowest BCUT2D eigenvalue weighted by Crippen LogP contribution is -2.59. The van der Waals surface area contributed by atoms with Gasteiger partial charge in [-0.1, -0.05) is 206 Å². The first-order valence-electron chi connectivity index (χ1n) is 23.6. The number of ketones is 1. The standard InChI is InChI=1S/C47H90O9/c1-4-5-6-7-8-9-10-11-12-13-14-15-16-19-23-26-29-32-35-41(50)43(51)39(37-55-47-46(54)45(53)44(52)42(36-48)56-47)40(49)34-31-28-25-22-20-17-18-21-24-27-30-33-38(2)3/h31,34,38-42,44-50,52-54H,4-30,32-33,35-37H2,1-3H3/b34-31+/t39-,40+,41+,42+,44-,45-,46+,47+/m0/s1. The third-order valence-electron chi connectivity index (χ3n) is 11.7. The molecule has 56 heavy (non-hydrogen) atoms. The third kappa shape index (κ3) is 26.2. The average molecular weight is 799 g/mol. The molecule has 0 radical (unpaired) electrons. The summed E-state index contributed by atoms with van der Waals surface area (Å²) in [7, 11) is 0. The lowest BCUT2D eigenvalue weighted by molar-refractivity contribution is -0.303. The van der Waals surface area contributed by atoms with Gasteiger partial charge < -0.3 is 40.1 Å². The molecule has 0 saturated carbocycles. The first-order valence-corrected chi connectivity index (χ1v) is 23.6. The van der Waals surface area contributed by atoms with E-state index in [2.05, 4.69) is 20.8 Å². The van der Waals surface area contributed by atoms with Crippen molar-refractivity contribution in [2.75, 3.05) is 13.2 Å². The lowest BCUT2D eigenvalue weighted by Gasteiger charge is -2.40. The van der Waals surface area contributed by atoms with Crippen molar-refractivity contribution in [1.82, 2.24) is 0 Å². The van der Waals surface area contributed by atoms with Crippen LogP contribution in [0, 0.1) is 11.8 Å². The highest BCUT2D eigenvalue weighted by Crippen LogP contribution is 2.24. The second-order valence-corrected chi connectivity index (χ2v) is 17.4. The van der Waals surface area contributed by atoms with Crippen LogP contribution in [0.1, 0.15) is 213 Å². The predicted octanol–water partition coefficient (Wildman–Crippen LogP) is 9.65. The fourth-order valence-corrected chi connectivity index (χ4v) is 7.80. The van der Waals surface area contributed by atoms with E-state index in [-0.39, 0.29) is 6.61 Å². The van der Waals surface area contributed by atoms with Gasteiger partial charge in [0.1, 0.15) is 30.5 Å². The lowest BCUT2D eigenvalue weighted by atomic mass is 9.91. The molecule has 0 unspecified atom stereocenters. The minimum Gasteiger partial charge on any atom is -0.394 e. The zero-order valence-electron chi connectivity index (χ0n) is 36.4. The van der Waals surface area contributed by atoms with Gasteiger partial charge in [-0.2, -0.15) is 0 Å². The molecule has 0 aromatic carbocycles. The van der Waals surface area contributed by atoms with Crippen molar-refractivity contribution in [3.05, 3.63) is 12.2 Å². The van der Waals surface area contributed by atoms with Crippen LogP contribution in [0.5, 0.6) is 0 Å².